The number of hydrogen-bond donors (Lipinski definition) is 0. The number of aryl methyl sites for hydroxylation is 1. The molecule has 1 aliphatic heterocycles. The number of nitrogens with zero attached hydrogens (tertiary/aromatic N) is 4. The van der Waals surface area contributed by atoms with E-state index < -0.39 is 0 Å². The zero-order valence-electron chi connectivity index (χ0n) is 15.8. The highest BCUT2D eigenvalue weighted by Crippen LogP contribution is 2.34. The fourth-order valence-corrected chi connectivity index (χ4v) is 3.49. The standard InChI is InChI=1S/C23H21FN4/c1-4-16-7-9-21(27-20(16)5-2)28-13-18(14-28)23-22(25-10-11-26-23)17-6-8-19(24)15(3)12-17/h4-12,18H,1-2,13-14H2,3H3. The third kappa shape index (κ3) is 3.20. The van der Waals surface area contributed by atoms with Crippen LogP contribution in [-0.4, -0.2) is 28.0 Å². The van der Waals surface area contributed by atoms with Crippen LogP contribution in [0.1, 0.15) is 28.4 Å². The monoisotopic (exact) mass is 372 g/mol. The van der Waals surface area contributed by atoms with Crippen molar-refractivity contribution in [3.05, 3.63) is 84.2 Å². The van der Waals surface area contributed by atoms with E-state index in [0.717, 1.165) is 47.1 Å². The Bertz CT molecular complexity index is 1050. The number of hydrogen-bond acceptors (Lipinski definition) is 4. The van der Waals surface area contributed by atoms with Gasteiger partial charge in [-0.15, -0.1) is 0 Å². The minimum atomic E-state index is -0.212. The molecule has 1 saturated heterocycles. The van der Waals surface area contributed by atoms with Crippen molar-refractivity contribution in [1.82, 2.24) is 15.0 Å². The van der Waals surface area contributed by atoms with Crippen LogP contribution in [0.3, 0.4) is 0 Å². The van der Waals surface area contributed by atoms with E-state index in [4.69, 9.17) is 0 Å². The molecule has 0 N–H and O–H groups in total. The van der Waals surface area contributed by atoms with E-state index in [1.54, 1.807) is 37.5 Å². The van der Waals surface area contributed by atoms with Crippen molar-refractivity contribution in [2.75, 3.05) is 18.0 Å². The van der Waals surface area contributed by atoms with Gasteiger partial charge in [-0.3, -0.25) is 9.97 Å². The summed E-state index contributed by atoms with van der Waals surface area (Å²) in [4.78, 5) is 16.0. The van der Waals surface area contributed by atoms with Crippen molar-refractivity contribution in [1.29, 1.82) is 0 Å². The van der Waals surface area contributed by atoms with Crippen LogP contribution in [0.4, 0.5) is 10.2 Å². The van der Waals surface area contributed by atoms with E-state index in [1.807, 2.05) is 18.2 Å². The van der Waals surface area contributed by atoms with Crippen LogP contribution in [0.2, 0.25) is 0 Å². The summed E-state index contributed by atoms with van der Waals surface area (Å²) < 4.78 is 13.6. The van der Waals surface area contributed by atoms with Crippen molar-refractivity contribution in [3.63, 3.8) is 0 Å². The third-order valence-electron chi connectivity index (χ3n) is 5.11. The molecule has 0 radical (unpaired) electrons. The SMILES string of the molecule is C=Cc1ccc(N2CC(c3nccnc3-c3ccc(F)c(C)c3)C2)nc1C=C. The second kappa shape index (κ2) is 7.35. The lowest BCUT2D eigenvalue weighted by Gasteiger charge is -2.40. The first-order valence-electron chi connectivity index (χ1n) is 9.19. The van der Waals surface area contributed by atoms with Gasteiger partial charge >= 0.3 is 0 Å². The molecular formula is C23H21FN4. The molecule has 0 aliphatic carbocycles. The summed E-state index contributed by atoms with van der Waals surface area (Å²) in [6, 6.07) is 9.08. The zero-order chi connectivity index (χ0) is 19.7. The lowest BCUT2D eigenvalue weighted by Crippen LogP contribution is -2.46. The predicted octanol–water partition coefficient (Wildman–Crippen LogP) is 4.88. The van der Waals surface area contributed by atoms with Crippen molar-refractivity contribution < 1.29 is 4.39 Å². The zero-order valence-corrected chi connectivity index (χ0v) is 15.8. The lowest BCUT2D eigenvalue weighted by atomic mass is 9.92. The molecule has 4 rings (SSSR count). The lowest BCUT2D eigenvalue weighted by molar-refractivity contribution is 0.508. The van der Waals surface area contributed by atoms with Crippen molar-refractivity contribution in [3.8, 4) is 11.3 Å². The molecule has 1 aliphatic rings. The minimum absolute atomic E-state index is 0.212. The topological polar surface area (TPSA) is 41.9 Å². The van der Waals surface area contributed by atoms with Gasteiger partial charge in [0.05, 0.1) is 17.1 Å². The Morgan fingerprint density at radius 1 is 1.07 bits per heavy atom. The summed E-state index contributed by atoms with van der Waals surface area (Å²) in [5.74, 6) is 0.956. The van der Waals surface area contributed by atoms with E-state index in [1.165, 1.54) is 6.07 Å². The van der Waals surface area contributed by atoms with E-state index in [-0.39, 0.29) is 11.7 Å². The Balaban J connectivity index is 1.58. The quantitative estimate of drug-likeness (QED) is 0.640. The maximum Gasteiger partial charge on any atom is 0.129 e. The Kier molecular flexibility index (Phi) is 4.74. The molecular weight excluding hydrogens is 351 g/mol. The molecule has 0 bridgehead atoms. The first kappa shape index (κ1) is 18.0. The van der Waals surface area contributed by atoms with Gasteiger partial charge in [-0.05, 0) is 54.5 Å². The number of benzene rings is 1. The fraction of sp³-hybridized carbons (Fsp3) is 0.174. The van der Waals surface area contributed by atoms with Gasteiger partial charge in [0.15, 0.2) is 0 Å². The van der Waals surface area contributed by atoms with Gasteiger partial charge in [-0.1, -0.05) is 19.2 Å². The summed E-state index contributed by atoms with van der Waals surface area (Å²) in [5, 5.41) is 0. The number of halogens is 1. The van der Waals surface area contributed by atoms with E-state index in [0.29, 0.717) is 5.56 Å². The first-order chi connectivity index (χ1) is 13.6. The summed E-state index contributed by atoms with van der Waals surface area (Å²) in [5.41, 5.74) is 5.06. The van der Waals surface area contributed by atoms with Crippen molar-refractivity contribution in [2.45, 2.75) is 12.8 Å². The van der Waals surface area contributed by atoms with Crippen LogP contribution >= 0.6 is 0 Å². The van der Waals surface area contributed by atoms with Gasteiger partial charge in [0.25, 0.3) is 0 Å². The fourth-order valence-electron chi connectivity index (χ4n) is 3.49. The molecule has 0 saturated carbocycles. The second-order valence-electron chi connectivity index (χ2n) is 6.91. The molecule has 0 unspecified atom stereocenters. The van der Waals surface area contributed by atoms with Gasteiger partial charge in [-0.25, -0.2) is 9.37 Å². The first-order valence-corrected chi connectivity index (χ1v) is 9.19. The molecule has 4 nitrogen and oxygen atoms in total. The van der Waals surface area contributed by atoms with E-state index in [2.05, 4.69) is 33.0 Å². The van der Waals surface area contributed by atoms with E-state index >= 15 is 0 Å². The van der Waals surface area contributed by atoms with Crippen LogP contribution in [0.25, 0.3) is 23.4 Å². The van der Waals surface area contributed by atoms with Crippen molar-refractivity contribution >= 4 is 18.0 Å². The normalized spacial score (nSPS) is 13.9. The molecule has 3 heterocycles. The van der Waals surface area contributed by atoms with Crippen LogP contribution in [0.5, 0.6) is 0 Å². The molecule has 3 aromatic rings. The van der Waals surface area contributed by atoms with Gasteiger partial charge in [0, 0.05) is 37.0 Å². The van der Waals surface area contributed by atoms with Gasteiger partial charge in [0.1, 0.15) is 11.6 Å². The highest BCUT2D eigenvalue weighted by atomic mass is 19.1. The second-order valence-corrected chi connectivity index (χ2v) is 6.91. The molecule has 28 heavy (non-hydrogen) atoms. The van der Waals surface area contributed by atoms with E-state index in [9.17, 15) is 4.39 Å². The molecule has 2 aromatic heterocycles. The maximum atomic E-state index is 13.6. The summed E-state index contributed by atoms with van der Waals surface area (Å²) in [6.07, 6.45) is 6.92. The summed E-state index contributed by atoms with van der Waals surface area (Å²) >= 11 is 0. The minimum Gasteiger partial charge on any atom is -0.355 e. The predicted molar refractivity (Wildman–Crippen MR) is 112 cm³/mol. The summed E-state index contributed by atoms with van der Waals surface area (Å²) in [6.45, 7) is 11.0. The van der Waals surface area contributed by atoms with Crippen LogP contribution < -0.4 is 4.90 Å². The Hall–Kier alpha value is -3.34. The molecule has 140 valence electrons. The van der Waals surface area contributed by atoms with Crippen LogP contribution in [-0.2, 0) is 0 Å². The third-order valence-corrected chi connectivity index (χ3v) is 5.11. The Morgan fingerprint density at radius 2 is 1.86 bits per heavy atom. The van der Waals surface area contributed by atoms with Gasteiger partial charge < -0.3 is 4.90 Å². The number of rotatable bonds is 5. The number of pyridine rings is 1. The van der Waals surface area contributed by atoms with Crippen LogP contribution in [0.15, 0.2) is 55.9 Å². The average Bonchev–Trinajstić information content (AvgIpc) is 2.69. The molecule has 5 heteroatoms. The van der Waals surface area contributed by atoms with Crippen LogP contribution in [0, 0.1) is 12.7 Å². The highest BCUT2D eigenvalue weighted by Gasteiger charge is 2.32. The smallest absolute Gasteiger partial charge is 0.129 e. The van der Waals surface area contributed by atoms with Gasteiger partial charge in [0.2, 0.25) is 0 Å². The molecule has 0 spiro atoms. The Labute approximate surface area is 164 Å². The molecule has 1 fully saturated rings. The largest absolute Gasteiger partial charge is 0.355 e. The number of aromatic nitrogens is 3. The van der Waals surface area contributed by atoms with Gasteiger partial charge in [-0.2, -0.15) is 0 Å². The van der Waals surface area contributed by atoms with Crippen molar-refractivity contribution in [2.24, 2.45) is 0 Å². The maximum absolute atomic E-state index is 13.6. The molecule has 0 atom stereocenters. The molecule has 0 amide bonds. The molecule has 1 aromatic carbocycles. The summed E-state index contributed by atoms with van der Waals surface area (Å²) in [7, 11) is 0. The average molecular weight is 372 g/mol. The Morgan fingerprint density at radius 3 is 2.57 bits per heavy atom. The number of anilines is 1. The highest BCUT2D eigenvalue weighted by molar-refractivity contribution is 5.66.